The van der Waals surface area contributed by atoms with Gasteiger partial charge in [-0.1, -0.05) is 24.5 Å². The van der Waals surface area contributed by atoms with Gasteiger partial charge in [0.25, 0.3) is 0 Å². The Bertz CT molecular complexity index is 1100. The fourth-order valence-corrected chi connectivity index (χ4v) is 5.66. The van der Waals surface area contributed by atoms with Crippen LogP contribution in [0.4, 0.5) is 11.8 Å². The lowest BCUT2D eigenvalue weighted by atomic mass is 9.95. The number of H-pyrrole nitrogens is 1. The fraction of sp³-hybridized carbons (Fsp3) is 0.720. The number of hydrogen-bond acceptors (Lipinski definition) is 10. The second kappa shape index (κ2) is 14.1. The number of aromatic amines is 1. The summed E-state index contributed by atoms with van der Waals surface area (Å²) in [6, 6.07) is 0.741. The van der Waals surface area contributed by atoms with E-state index in [1.165, 1.54) is 32.1 Å². The van der Waals surface area contributed by atoms with Crippen LogP contribution < -0.4 is 20.9 Å². The van der Waals surface area contributed by atoms with Crippen LogP contribution in [0.25, 0.3) is 11.2 Å². The van der Waals surface area contributed by atoms with Crippen LogP contribution in [0.5, 0.6) is 0 Å². The molecule has 5 rings (SSSR count). The Hall–Kier alpha value is -2.40. The summed E-state index contributed by atoms with van der Waals surface area (Å²) in [6.07, 6.45) is 12.8. The van der Waals surface area contributed by atoms with Gasteiger partial charge in [-0.3, -0.25) is 9.58 Å². The van der Waals surface area contributed by atoms with E-state index in [9.17, 15) is 0 Å². The third-order valence-corrected chi connectivity index (χ3v) is 7.74. The average molecular weight is 543 g/mol. The van der Waals surface area contributed by atoms with Gasteiger partial charge < -0.3 is 25.8 Å². The zero-order valence-electron chi connectivity index (χ0n) is 22.4. The van der Waals surface area contributed by atoms with Gasteiger partial charge in [0.15, 0.2) is 11.5 Å². The number of fused-ring (bicyclic) bond motifs is 1. The highest BCUT2D eigenvalue weighted by atomic mass is 31.0. The van der Waals surface area contributed by atoms with Crippen LogP contribution >= 0.6 is 9.24 Å². The summed E-state index contributed by atoms with van der Waals surface area (Å²) in [6.45, 7) is 9.32. The van der Waals surface area contributed by atoms with E-state index in [1.807, 2.05) is 10.9 Å². The van der Waals surface area contributed by atoms with Crippen LogP contribution in [0, 0.1) is 0 Å². The van der Waals surface area contributed by atoms with Crippen molar-refractivity contribution >= 4 is 32.2 Å². The molecule has 0 amide bonds. The van der Waals surface area contributed by atoms with Gasteiger partial charge in [0.1, 0.15) is 11.2 Å². The molecule has 4 N–H and O–H groups in total. The van der Waals surface area contributed by atoms with Crippen molar-refractivity contribution < 1.29 is 0 Å². The maximum absolute atomic E-state index is 4.84. The van der Waals surface area contributed by atoms with Crippen molar-refractivity contribution in [3.8, 4) is 0 Å². The number of hydrogen-bond donors (Lipinski definition) is 4. The molecule has 13 heteroatoms. The van der Waals surface area contributed by atoms with E-state index in [-0.39, 0.29) is 0 Å². The van der Waals surface area contributed by atoms with Crippen LogP contribution in [-0.4, -0.2) is 104 Å². The molecule has 0 aromatic carbocycles. The maximum Gasteiger partial charge on any atom is 0.229 e. The number of piperazine rings is 1. The summed E-state index contributed by atoms with van der Waals surface area (Å²) in [5.74, 6) is 1.47. The van der Waals surface area contributed by atoms with Gasteiger partial charge in [0, 0.05) is 45.3 Å². The molecule has 1 saturated heterocycles. The number of anilines is 2. The molecule has 208 valence electrons. The summed E-state index contributed by atoms with van der Waals surface area (Å²) in [7, 11) is 2.81. The van der Waals surface area contributed by atoms with Crippen molar-refractivity contribution in [2.45, 2.75) is 57.7 Å². The van der Waals surface area contributed by atoms with Gasteiger partial charge in [-0.25, -0.2) is 4.98 Å². The van der Waals surface area contributed by atoms with Crippen LogP contribution in [0.1, 0.15) is 44.2 Å². The summed E-state index contributed by atoms with van der Waals surface area (Å²) >= 11 is 0. The van der Waals surface area contributed by atoms with Crippen molar-refractivity contribution in [1.29, 1.82) is 0 Å². The minimum Gasteiger partial charge on any atom is -0.362 e. The molecule has 2 fully saturated rings. The highest BCUT2D eigenvalue weighted by molar-refractivity contribution is 7.16. The quantitative estimate of drug-likeness (QED) is 0.176. The van der Waals surface area contributed by atoms with Crippen LogP contribution in [0.15, 0.2) is 12.5 Å². The lowest BCUT2D eigenvalue weighted by Gasteiger charge is -2.34. The third-order valence-electron chi connectivity index (χ3n) is 7.48. The van der Waals surface area contributed by atoms with Crippen LogP contribution in [-0.2, 0) is 13.1 Å². The largest absolute Gasteiger partial charge is 0.362 e. The van der Waals surface area contributed by atoms with Crippen LogP contribution in [0.2, 0.25) is 0 Å². The Balaban J connectivity index is 1.05. The van der Waals surface area contributed by atoms with E-state index in [2.05, 4.69) is 55.3 Å². The molecule has 1 atom stereocenters. The summed E-state index contributed by atoms with van der Waals surface area (Å²) in [4.78, 5) is 21.8. The number of rotatable bonds is 14. The van der Waals surface area contributed by atoms with Gasteiger partial charge in [0.2, 0.25) is 5.95 Å². The fourth-order valence-electron chi connectivity index (χ4n) is 5.29. The molecule has 1 aliphatic heterocycles. The molecule has 0 bridgehead atoms. The van der Waals surface area contributed by atoms with Crippen molar-refractivity contribution in [1.82, 2.24) is 50.5 Å². The van der Waals surface area contributed by atoms with Crippen molar-refractivity contribution in [3.63, 3.8) is 0 Å². The molecular weight excluding hydrogens is 499 g/mol. The molecule has 1 aliphatic carbocycles. The predicted octanol–water partition coefficient (Wildman–Crippen LogP) is 1.46. The lowest BCUT2D eigenvalue weighted by Crippen LogP contribution is -2.47. The Morgan fingerprint density at radius 3 is 2.71 bits per heavy atom. The molecule has 3 aromatic rings. The number of aromatic nitrogens is 7. The highest BCUT2D eigenvalue weighted by Crippen LogP contribution is 2.22. The minimum atomic E-state index is 0.535. The Morgan fingerprint density at radius 1 is 1.00 bits per heavy atom. The first-order valence-electron chi connectivity index (χ1n) is 14.2. The molecule has 3 aromatic heterocycles. The van der Waals surface area contributed by atoms with Gasteiger partial charge in [0.05, 0.1) is 25.6 Å². The zero-order chi connectivity index (χ0) is 26.0. The molecule has 4 heterocycles. The number of nitrogens with one attached hydrogen (secondary N) is 4. The molecule has 1 unspecified atom stereocenters. The standard InChI is InChI=1S/C25H43N12P/c38-16-15-35-11-13-36(14-12-35)25-31-23(22-24(32-25)30-19-29-22)28-17-21-18-37(34-33-21)10-9-26-7-4-8-27-20-5-2-1-3-6-20/h18-20,26-27H,1-17,38H2,(H2,28,29,30,31,32). The smallest absolute Gasteiger partial charge is 0.229 e. The second-order valence-electron chi connectivity index (χ2n) is 10.3. The van der Waals surface area contributed by atoms with E-state index < -0.39 is 0 Å². The Morgan fingerprint density at radius 2 is 1.87 bits per heavy atom. The first kappa shape index (κ1) is 27.2. The van der Waals surface area contributed by atoms with E-state index in [4.69, 9.17) is 9.97 Å². The molecule has 1 saturated carbocycles. The minimum absolute atomic E-state index is 0.535. The molecule has 12 nitrogen and oxygen atoms in total. The van der Waals surface area contributed by atoms with Crippen molar-refractivity contribution in [2.75, 3.05) is 68.7 Å². The summed E-state index contributed by atoms with van der Waals surface area (Å²) in [5.41, 5.74) is 2.36. The van der Waals surface area contributed by atoms with Gasteiger partial charge in [-0.05, 0) is 38.5 Å². The monoisotopic (exact) mass is 542 g/mol. The molecular formula is C25H43N12P. The second-order valence-corrected chi connectivity index (χ2v) is 10.9. The molecule has 2 aliphatic rings. The maximum atomic E-state index is 4.84. The third kappa shape index (κ3) is 7.59. The van der Waals surface area contributed by atoms with Gasteiger partial charge in [-0.15, -0.1) is 14.3 Å². The predicted molar refractivity (Wildman–Crippen MR) is 155 cm³/mol. The van der Waals surface area contributed by atoms with Crippen LogP contribution in [0.3, 0.4) is 0 Å². The highest BCUT2D eigenvalue weighted by Gasteiger charge is 2.21. The Kier molecular flexibility index (Phi) is 10.1. The van der Waals surface area contributed by atoms with E-state index >= 15 is 0 Å². The van der Waals surface area contributed by atoms with Crippen molar-refractivity contribution in [2.24, 2.45) is 0 Å². The van der Waals surface area contributed by atoms with E-state index in [0.717, 1.165) is 101 Å². The van der Waals surface area contributed by atoms with Crippen molar-refractivity contribution in [3.05, 3.63) is 18.2 Å². The molecule has 0 radical (unpaired) electrons. The topological polar surface area (TPSA) is 128 Å². The average Bonchev–Trinajstić information content (AvgIpc) is 3.62. The molecule has 0 spiro atoms. The lowest BCUT2D eigenvalue weighted by molar-refractivity contribution is 0.272. The normalized spacial score (nSPS) is 17.4. The SMILES string of the molecule is PCCN1CCN(c2nc(NCc3cn(CCNCCCNC4CCCCC4)nn3)c3[nH]cnc3n2)CC1. The first-order chi connectivity index (χ1) is 18.8. The van der Waals surface area contributed by atoms with Gasteiger partial charge in [-0.2, -0.15) is 9.97 Å². The van der Waals surface area contributed by atoms with E-state index in [1.54, 1.807) is 6.33 Å². The number of nitrogens with zero attached hydrogens (tertiary/aromatic N) is 8. The summed E-state index contributed by atoms with van der Waals surface area (Å²) < 4.78 is 1.90. The van der Waals surface area contributed by atoms with Gasteiger partial charge >= 0.3 is 0 Å². The zero-order valence-corrected chi connectivity index (χ0v) is 23.6. The summed E-state index contributed by atoms with van der Waals surface area (Å²) in [5, 5.41) is 19.3. The Labute approximate surface area is 227 Å². The van der Waals surface area contributed by atoms with E-state index in [0.29, 0.717) is 12.2 Å². The number of imidazole rings is 1. The first-order valence-corrected chi connectivity index (χ1v) is 15.1. The molecule has 38 heavy (non-hydrogen) atoms.